The van der Waals surface area contributed by atoms with Gasteiger partial charge in [-0.3, -0.25) is 0 Å². The molecule has 2 aromatic carbocycles. The quantitative estimate of drug-likeness (QED) is 0.688. The van der Waals surface area contributed by atoms with Crippen molar-refractivity contribution in [1.82, 2.24) is 0 Å². The lowest BCUT2D eigenvalue weighted by Crippen LogP contribution is -1.98. The predicted octanol–water partition coefficient (Wildman–Crippen LogP) is 3.41. The number of hydrogen-bond acceptors (Lipinski definition) is 3. The van der Waals surface area contributed by atoms with Gasteiger partial charge in [-0.25, -0.2) is 0 Å². The number of nitrogen functional groups attached to an aromatic ring is 1. The van der Waals surface area contributed by atoms with Crippen molar-refractivity contribution in [3.63, 3.8) is 0 Å². The Bertz CT molecular complexity index is 730. The average Bonchev–Trinajstić information content (AvgIpc) is 2.83. The van der Waals surface area contributed by atoms with Crippen molar-refractivity contribution < 1.29 is 9.52 Å². The lowest BCUT2D eigenvalue weighted by Gasteiger charge is -2.08. The molecule has 0 saturated heterocycles. The van der Waals surface area contributed by atoms with Crippen LogP contribution < -0.4 is 5.73 Å². The zero-order chi connectivity index (χ0) is 13.4. The van der Waals surface area contributed by atoms with Gasteiger partial charge in [-0.05, 0) is 36.2 Å². The molecule has 0 aliphatic rings. The van der Waals surface area contributed by atoms with E-state index in [2.05, 4.69) is 0 Å². The zero-order valence-corrected chi connectivity index (χ0v) is 10.6. The number of furan rings is 1. The molecule has 3 nitrogen and oxygen atoms in total. The zero-order valence-electron chi connectivity index (χ0n) is 10.6. The topological polar surface area (TPSA) is 59.4 Å². The Labute approximate surface area is 111 Å². The molecule has 0 saturated carbocycles. The predicted molar refractivity (Wildman–Crippen MR) is 75.9 cm³/mol. The number of aliphatic hydroxyl groups is 1. The van der Waals surface area contributed by atoms with Gasteiger partial charge >= 0.3 is 0 Å². The van der Waals surface area contributed by atoms with Crippen LogP contribution in [0.4, 0.5) is 5.69 Å². The molecule has 3 aromatic rings. The number of rotatable bonds is 2. The number of benzene rings is 2. The van der Waals surface area contributed by atoms with E-state index in [9.17, 15) is 5.11 Å². The molecular weight excluding hydrogens is 238 g/mol. The van der Waals surface area contributed by atoms with Gasteiger partial charge in [0.25, 0.3) is 0 Å². The third-order valence-electron chi connectivity index (χ3n) is 3.26. The fourth-order valence-electron chi connectivity index (χ4n) is 2.26. The van der Waals surface area contributed by atoms with E-state index in [-0.39, 0.29) is 0 Å². The maximum atomic E-state index is 10.4. The summed E-state index contributed by atoms with van der Waals surface area (Å²) in [6, 6.07) is 15.0. The van der Waals surface area contributed by atoms with Crippen LogP contribution in [0.25, 0.3) is 11.0 Å². The summed E-state index contributed by atoms with van der Waals surface area (Å²) < 4.78 is 5.76. The molecule has 1 unspecified atom stereocenters. The first kappa shape index (κ1) is 11.8. The second kappa shape index (κ2) is 4.44. The van der Waals surface area contributed by atoms with E-state index in [4.69, 9.17) is 10.2 Å². The molecule has 0 aliphatic heterocycles. The number of aliphatic hydroxyl groups excluding tert-OH is 1. The SMILES string of the molecule is Cc1cccc2cc(C(O)c3cccc(N)c3)oc12. The van der Waals surface area contributed by atoms with Crippen molar-refractivity contribution in [1.29, 1.82) is 0 Å². The van der Waals surface area contributed by atoms with Crippen LogP contribution in [-0.2, 0) is 0 Å². The summed E-state index contributed by atoms with van der Waals surface area (Å²) in [6.45, 7) is 1.99. The highest BCUT2D eigenvalue weighted by atomic mass is 16.4. The van der Waals surface area contributed by atoms with E-state index in [1.165, 1.54) is 0 Å². The van der Waals surface area contributed by atoms with Gasteiger partial charge in [0, 0.05) is 11.1 Å². The molecule has 1 atom stereocenters. The first-order valence-corrected chi connectivity index (χ1v) is 6.18. The van der Waals surface area contributed by atoms with Gasteiger partial charge in [0.1, 0.15) is 17.4 Å². The molecule has 0 bridgehead atoms. The van der Waals surface area contributed by atoms with Gasteiger partial charge < -0.3 is 15.3 Å². The number of para-hydroxylation sites is 1. The molecule has 3 N–H and O–H groups in total. The highest BCUT2D eigenvalue weighted by molar-refractivity contribution is 5.81. The third-order valence-corrected chi connectivity index (χ3v) is 3.26. The van der Waals surface area contributed by atoms with Crippen LogP contribution in [0, 0.1) is 6.92 Å². The van der Waals surface area contributed by atoms with Crippen LogP contribution in [0.3, 0.4) is 0 Å². The van der Waals surface area contributed by atoms with Crippen molar-refractivity contribution in [2.45, 2.75) is 13.0 Å². The number of hydrogen-bond donors (Lipinski definition) is 2. The normalized spacial score (nSPS) is 12.7. The second-order valence-corrected chi connectivity index (χ2v) is 4.71. The van der Waals surface area contributed by atoms with E-state index in [0.717, 1.165) is 22.1 Å². The Balaban J connectivity index is 2.06. The summed E-state index contributed by atoms with van der Waals surface area (Å²) in [6.07, 6.45) is -0.796. The minimum atomic E-state index is -0.796. The molecule has 1 heterocycles. The van der Waals surface area contributed by atoms with Crippen LogP contribution in [0.5, 0.6) is 0 Å². The number of nitrogens with two attached hydrogens (primary N) is 1. The van der Waals surface area contributed by atoms with Crippen LogP contribution in [0.15, 0.2) is 52.9 Å². The van der Waals surface area contributed by atoms with Gasteiger partial charge in [0.05, 0.1) is 0 Å². The van der Waals surface area contributed by atoms with Crippen LogP contribution in [-0.4, -0.2) is 5.11 Å². The largest absolute Gasteiger partial charge is 0.458 e. The van der Waals surface area contributed by atoms with Gasteiger partial charge in [-0.15, -0.1) is 0 Å². The van der Waals surface area contributed by atoms with E-state index >= 15 is 0 Å². The summed E-state index contributed by atoms with van der Waals surface area (Å²) in [4.78, 5) is 0. The molecule has 0 spiro atoms. The third kappa shape index (κ3) is 2.09. The van der Waals surface area contributed by atoms with Gasteiger partial charge in [0.15, 0.2) is 0 Å². The molecular formula is C16H15NO2. The summed E-state index contributed by atoms with van der Waals surface area (Å²) in [7, 11) is 0. The Morgan fingerprint density at radius 3 is 2.63 bits per heavy atom. The van der Waals surface area contributed by atoms with Crippen molar-refractivity contribution in [3.8, 4) is 0 Å². The Kier molecular flexibility index (Phi) is 2.76. The van der Waals surface area contributed by atoms with Crippen molar-refractivity contribution in [2.24, 2.45) is 0 Å². The summed E-state index contributed by atoms with van der Waals surface area (Å²) >= 11 is 0. The number of anilines is 1. The molecule has 1 aromatic heterocycles. The van der Waals surface area contributed by atoms with Gasteiger partial charge in [-0.2, -0.15) is 0 Å². The highest BCUT2D eigenvalue weighted by Crippen LogP contribution is 2.30. The maximum absolute atomic E-state index is 10.4. The van der Waals surface area contributed by atoms with E-state index in [1.807, 2.05) is 43.3 Å². The van der Waals surface area contributed by atoms with Crippen LogP contribution in [0.1, 0.15) is 23.0 Å². The van der Waals surface area contributed by atoms with Gasteiger partial charge in [-0.1, -0.05) is 30.3 Å². The number of fused-ring (bicyclic) bond motifs is 1. The maximum Gasteiger partial charge on any atom is 0.138 e. The summed E-state index contributed by atoms with van der Waals surface area (Å²) in [5.41, 5.74) is 8.97. The molecule has 0 aliphatic carbocycles. The molecule has 0 fully saturated rings. The fourth-order valence-corrected chi connectivity index (χ4v) is 2.26. The Hall–Kier alpha value is -2.26. The highest BCUT2D eigenvalue weighted by Gasteiger charge is 2.16. The standard InChI is InChI=1S/C16H15NO2/c1-10-4-2-6-12-9-14(19-16(10)12)15(18)11-5-3-7-13(17)8-11/h2-9,15,18H,17H2,1H3. The van der Waals surface area contributed by atoms with E-state index < -0.39 is 6.10 Å². The van der Waals surface area contributed by atoms with E-state index in [0.29, 0.717) is 11.4 Å². The van der Waals surface area contributed by atoms with E-state index in [1.54, 1.807) is 12.1 Å². The molecule has 0 radical (unpaired) electrons. The van der Waals surface area contributed by atoms with Gasteiger partial charge in [0.2, 0.25) is 0 Å². The Morgan fingerprint density at radius 2 is 1.89 bits per heavy atom. The number of aryl methyl sites for hydroxylation is 1. The van der Waals surface area contributed by atoms with Crippen molar-refractivity contribution >= 4 is 16.7 Å². The molecule has 3 heteroatoms. The van der Waals surface area contributed by atoms with Crippen molar-refractivity contribution in [2.75, 3.05) is 5.73 Å². The molecule has 96 valence electrons. The summed E-state index contributed by atoms with van der Waals surface area (Å²) in [5, 5.41) is 11.4. The second-order valence-electron chi connectivity index (χ2n) is 4.71. The minimum Gasteiger partial charge on any atom is -0.458 e. The first-order chi connectivity index (χ1) is 9.15. The summed E-state index contributed by atoms with van der Waals surface area (Å²) in [5.74, 6) is 0.537. The van der Waals surface area contributed by atoms with Crippen LogP contribution >= 0.6 is 0 Å². The molecule has 19 heavy (non-hydrogen) atoms. The molecule has 0 amide bonds. The monoisotopic (exact) mass is 253 g/mol. The lowest BCUT2D eigenvalue weighted by molar-refractivity contribution is 0.192. The van der Waals surface area contributed by atoms with Crippen molar-refractivity contribution in [3.05, 3.63) is 65.4 Å². The fraction of sp³-hybridized carbons (Fsp3) is 0.125. The lowest BCUT2D eigenvalue weighted by atomic mass is 10.1. The average molecular weight is 253 g/mol. The Morgan fingerprint density at radius 1 is 1.11 bits per heavy atom. The smallest absolute Gasteiger partial charge is 0.138 e. The first-order valence-electron chi connectivity index (χ1n) is 6.18. The molecule has 3 rings (SSSR count). The van der Waals surface area contributed by atoms with Crippen LogP contribution in [0.2, 0.25) is 0 Å². The minimum absolute atomic E-state index is 0.537.